The summed E-state index contributed by atoms with van der Waals surface area (Å²) in [6.07, 6.45) is 1.16. The summed E-state index contributed by atoms with van der Waals surface area (Å²) >= 11 is 1.44. The van der Waals surface area contributed by atoms with Gasteiger partial charge in [0.15, 0.2) is 5.13 Å². The zero-order valence-electron chi connectivity index (χ0n) is 20.1. The van der Waals surface area contributed by atoms with Crippen LogP contribution in [0.5, 0.6) is 5.75 Å². The number of hydrogen-bond donors (Lipinski definition) is 0. The van der Waals surface area contributed by atoms with Gasteiger partial charge in [-0.1, -0.05) is 17.4 Å². The lowest BCUT2D eigenvalue weighted by atomic mass is 10.1. The number of hydrogen-bond acceptors (Lipinski definition) is 8. The molecule has 0 radical (unpaired) electrons. The number of rotatable bonds is 8. The van der Waals surface area contributed by atoms with E-state index < -0.39 is 0 Å². The highest BCUT2D eigenvalue weighted by Crippen LogP contribution is 2.33. The molecule has 2 aliphatic rings. The Balaban J connectivity index is 1.42. The molecule has 0 aliphatic carbocycles. The first-order valence-corrected chi connectivity index (χ1v) is 12.9. The lowest BCUT2D eigenvalue weighted by Crippen LogP contribution is -2.39. The third-order valence-electron chi connectivity index (χ3n) is 6.42. The van der Waals surface area contributed by atoms with Gasteiger partial charge in [0.1, 0.15) is 5.75 Å². The number of anilines is 2. The van der Waals surface area contributed by atoms with Crippen LogP contribution in [0.25, 0.3) is 10.2 Å². The number of thiazole rings is 1. The molecule has 3 amide bonds. The molecule has 3 heterocycles. The number of carbonyl (C=O) groups excluding carboxylic acids is 3. The second-order valence-corrected chi connectivity index (χ2v) is 9.78. The molecule has 2 aromatic carbocycles. The van der Waals surface area contributed by atoms with Crippen LogP contribution in [-0.4, -0.2) is 74.1 Å². The van der Waals surface area contributed by atoms with Crippen LogP contribution in [0.2, 0.25) is 0 Å². The van der Waals surface area contributed by atoms with Crippen molar-refractivity contribution in [2.24, 2.45) is 0 Å². The van der Waals surface area contributed by atoms with Gasteiger partial charge >= 0.3 is 0 Å². The monoisotopic (exact) mass is 508 g/mol. The van der Waals surface area contributed by atoms with Crippen molar-refractivity contribution >= 4 is 50.1 Å². The Morgan fingerprint density at radius 1 is 1.11 bits per heavy atom. The van der Waals surface area contributed by atoms with Crippen molar-refractivity contribution in [3.8, 4) is 5.75 Å². The Morgan fingerprint density at radius 3 is 2.64 bits per heavy atom. The average molecular weight is 509 g/mol. The predicted octanol–water partition coefficient (Wildman–Crippen LogP) is 3.33. The average Bonchev–Trinajstić information content (AvgIpc) is 3.48. The maximum absolute atomic E-state index is 13.8. The topological polar surface area (TPSA) is 92.3 Å². The van der Waals surface area contributed by atoms with E-state index in [2.05, 4.69) is 4.90 Å². The minimum Gasteiger partial charge on any atom is -0.497 e. The molecule has 0 bridgehead atoms. The number of imide groups is 1. The minimum absolute atomic E-state index is 0.194. The van der Waals surface area contributed by atoms with Crippen LogP contribution >= 0.6 is 11.3 Å². The molecule has 2 fully saturated rings. The van der Waals surface area contributed by atoms with Crippen LogP contribution in [0.1, 0.15) is 29.6 Å². The van der Waals surface area contributed by atoms with E-state index >= 15 is 0 Å². The van der Waals surface area contributed by atoms with Gasteiger partial charge in [0.2, 0.25) is 11.8 Å². The number of amides is 3. The largest absolute Gasteiger partial charge is 0.497 e. The third-order valence-corrected chi connectivity index (χ3v) is 7.46. The summed E-state index contributed by atoms with van der Waals surface area (Å²) in [5, 5.41) is 0.601. The Hall–Kier alpha value is -3.34. The SMILES string of the molecule is COc1ccc2nc(N(CCCN3CCOCC3)C(=O)c3cccc(N4C(=O)CCC4=O)c3)sc2c1. The molecule has 0 N–H and O–H groups in total. The third kappa shape index (κ3) is 5.11. The Kier molecular flexibility index (Phi) is 7.26. The van der Waals surface area contributed by atoms with E-state index in [9.17, 15) is 14.4 Å². The Labute approximate surface area is 213 Å². The van der Waals surface area contributed by atoms with E-state index in [1.165, 1.54) is 16.2 Å². The van der Waals surface area contributed by atoms with Gasteiger partial charge in [0.05, 0.1) is 36.2 Å². The van der Waals surface area contributed by atoms with E-state index in [0.717, 1.165) is 55.2 Å². The van der Waals surface area contributed by atoms with Gasteiger partial charge in [0.25, 0.3) is 5.91 Å². The zero-order chi connectivity index (χ0) is 25.1. The predicted molar refractivity (Wildman–Crippen MR) is 138 cm³/mol. The van der Waals surface area contributed by atoms with Crippen LogP contribution < -0.4 is 14.5 Å². The molecule has 0 saturated carbocycles. The molecule has 0 atom stereocenters. The van der Waals surface area contributed by atoms with Crippen molar-refractivity contribution in [1.29, 1.82) is 0 Å². The fraction of sp³-hybridized carbons (Fsp3) is 0.385. The van der Waals surface area contributed by atoms with E-state index in [-0.39, 0.29) is 30.6 Å². The summed E-state index contributed by atoms with van der Waals surface area (Å²) in [7, 11) is 1.62. The summed E-state index contributed by atoms with van der Waals surface area (Å²) in [6, 6.07) is 12.4. The Bertz CT molecular complexity index is 1270. The highest BCUT2D eigenvalue weighted by molar-refractivity contribution is 7.22. The maximum atomic E-state index is 13.8. The van der Waals surface area contributed by atoms with Gasteiger partial charge < -0.3 is 9.47 Å². The van der Waals surface area contributed by atoms with Crippen LogP contribution in [0.3, 0.4) is 0 Å². The second-order valence-electron chi connectivity index (χ2n) is 8.77. The zero-order valence-corrected chi connectivity index (χ0v) is 21.0. The highest BCUT2D eigenvalue weighted by atomic mass is 32.1. The van der Waals surface area contributed by atoms with Crippen molar-refractivity contribution < 1.29 is 23.9 Å². The molecule has 0 spiro atoms. The summed E-state index contributed by atoms with van der Waals surface area (Å²) in [6.45, 7) is 4.55. The number of nitrogens with zero attached hydrogens (tertiary/aromatic N) is 4. The lowest BCUT2D eigenvalue weighted by molar-refractivity contribution is -0.121. The molecular weight excluding hydrogens is 480 g/mol. The lowest BCUT2D eigenvalue weighted by Gasteiger charge is -2.28. The van der Waals surface area contributed by atoms with Crippen LogP contribution in [0.4, 0.5) is 10.8 Å². The Morgan fingerprint density at radius 2 is 1.89 bits per heavy atom. The highest BCUT2D eigenvalue weighted by Gasteiger charge is 2.31. The van der Waals surface area contributed by atoms with Gasteiger partial charge in [-0.3, -0.25) is 29.1 Å². The number of benzene rings is 2. The molecule has 10 heteroatoms. The molecule has 9 nitrogen and oxygen atoms in total. The number of aromatic nitrogens is 1. The molecule has 2 saturated heterocycles. The smallest absolute Gasteiger partial charge is 0.260 e. The van der Waals surface area contributed by atoms with Gasteiger partial charge in [-0.15, -0.1) is 0 Å². The summed E-state index contributed by atoms with van der Waals surface area (Å²) in [4.78, 5) is 48.2. The van der Waals surface area contributed by atoms with E-state index in [0.29, 0.717) is 22.9 Å². The van der Waals surface area contributed by atoms with Crippen molar-refractivity contribution in [3.05, 3.63) is 48.0 Å². The van der Waals surface area contributed by atoms with Crippen LogP contribution in [0, 0.1) is 0 Å². The van der Waals surface area contributed by atoms with Crippen LogP contribution in [0.15, 0.2) is 42.5 Å². The molecule has 3 aromatic rings. The van der Waals surface area contributed by atoms with Crippen LogP contribution in [-0.2, 0) is 14.3 Å². The first-order chi connectivity index (χ1) is 17.5. The van der Waals surface area contributed by atoms with Crippen molar-refractivity contribution in [2.75, 3.05) is 56.3 Å². The second kappa shape index (κ2) is 10.7. The molecular formula is C26H28N4O5S. The molecule has 36 heavy (non-hydrogen) atoms. The summed E-state index contributed by atoms with van der Waals surface area (Å²) in [5.74, 6) is 0.0265. The fourth-order valence-corrected chi connectivity index (χ4v) is 5.51. The quantitative estimate of drug-likeness (QED) is 0.431. The molecule has 5 rings (SSSR count). The summed E-state index contributed by atoms with van der Waals surface area (Å²) < 4.78 is 11.7. The van der Waals surface area contributed by atoms with E-state index in [1.807, 2.05) is 18.2 Å². The molecule has 1 aromatic heterocycles. The minimum atomic E-state index is -0.243. The van der Waals surface area contributed by atoms with Crippen molar-refractivity contribution in [2.45, 2.75) is 19.3 Å². The van der Waals surface area contributed by atoms with E-state index in [4.69, 9.17) is 14.5 Å². The van der Waals surface area contributed by atoms with E-state index in [1.54, 1.807) is 36.3 Å². The number of fused-ring (bicyclic) bond motifs is 1. The molecule has 0 unspecified atom stereocenters. The van der Waals surface area contributed by atoms with Gasteiger partial charge in [-0.25, -0.2) is 4.98 Å². The number of methoxy groups -OCH3 is 1. The normalized spacial score (nSPS) is 16.6. The van der Waals surface area contributed by atoms with Crippen molar-refractivity contribution in [1.82, 2.24) is 9.88 Å². The molecule has 2 aliphatic heterocycles. The maximum Gasteiger partial charge on any atom is 0.260 e. The standard InChI is InChI=1S/C26H28N4O5S/c1-34-20-6-7-21-22(17-20)36-26(27-21)29(11-3-10-28-12-14-35-15-13-28)25(33)18-4-2-5-19(16-18)30-23(31)8-9-24(30)32/h2,4-7,16-17H,3,8-15H2,1H3. The first kappa shape index (κ1) is 24.4. The summed E-state index contributed by atoms with van der Waals surface area (Å²) in [5.41, 5.74) is 1.63. The van der Waals surface area contributed by atoms with Gasteiger partial charge in [-0.2, -0.15) is 0 Å². The number of morpholine rings is 1. The molecule has 188 valence electrons. The first-order valence-electron chi connectivity index (χ1n) is 12.1. The fourth-order valence-electron chi connectivity index (χ4n) is 4.49. The number of carbonyl (C=O) groups is 3. The van der Waals surface area contributed by atoms with Crippen molar-refractivity contribution in [3.63, 3.8) is 0 Å². The van der Waals surface area contributed by atoms with Gasteiger partial charge in [0, 0.05) is 44.6 Å². The van der Waals surface area contributed by atoms with Gasteiger partial charge in [-0.05, 0) is 42.8 Å². The number of ether oxygens (including phenoxy) is 2.